The van der Waals surface area contributed by atoms with Crippen LogP contribution in [0.4, 0.5) is 0 Å². The van der Waals surface area contributed by atoms with Gasteiger partial charge in [0.15, 0.2) is 0 Å². The second-order valence-corrected chi connectivity index (χ2v) is 5.44. The van der Waals surface area contributed by atoms with E-state index in [1.165, 1.54) is 30.4 Å². The first-order chi connectivity index (χ1) is 8.34. The maximum atomic E-state index is 6.29. The molecule has 1 aliphatic heterocycles. The van der Waals surface area contributed by atoms with Crippen molar-refractivity contribution in [2.75, 3.05) is 13.2 Å². The molecule has 0 amide bonds. The molecule has 2 atom stereocenters. The summed E-state index contributed by atoms with van der Waals surface area (Å²) in [7, 11) is 0. The van der Waals surface area contributed by atoms with Crippen LogP contribution in [0.1, 0.15) is 48.8 Å². The van der Waals surface area contributed by atoms with Crippen molar-refractivity contribution in [3.8, 4) is 0 Å². The Morgan fingerprint density at radius 2 is 1.88 bits per heavy atom. The van der Waals surface area contributed by atoms with Gasteiger partial charge in [-0.05, 0) is 36.3 Å². The topological polar surface area (TPSA) is 35.2 Å². The minimum absolute atomic E-state index is 0.146. The number of hydrogen-bond acceptors (Lipinski definition) is 2. The molecule has 1 aliphatic carbocycles. The van der Waals surface area contributed by atoms with Crippen molar-refractivity contribution >= 4 is 0 Å². The second kappa shape index (κ2) is 4.79. The summed E-state index contributed by atoms with van der Waals surface area (Å²) < 4.78 is 5.41. The van der Waals surface area contributed by atoms with Crippen LogP contribution in [0.15, 0.2) is 24.3 Å². The first kappa shape index (κ1) is 11.2. The normalized spacial score (nSPS) is 26.8. The molecule has 1 aromatic carbocycles. The van der Waals surface area contributed by atoms with Gasteiger partial charge in [0.25, 0.3) is 0 Å². The van der Waals surface area contributed by atoms with E-state index in [1.54, 1.807) is 0 Å². The minimum Gasteiger partial charge on any atom is -0.381 e. The predicted octanol–water partition coefficient (Wildman–Crippen LogP) is 2.99. The maximum absolute atomic E-state index is 6.29. The molecule has 0 bridgehead atoms. The zero-order chi connectivity index (χ0) is 11.7. The summed E-state index contributed by atoms with van der Waals surface area (Å²) in [6.45, 7) is 1.70. The molecule has 2 nitrogen and oxygen atoms in total. The van der Waals surface area contributed by atoms with Crippen LogP contribution in [0.5, 0.6) is 0 Å². The lowest BCUT2D eigenvalue weighted by atomic mass is 9.79. The van der Waals surface area contributed by atoms with E-state index in [-0.39, 0.29) is 6.04 Å². The second-order valence-electron chi connectivity index (χ2n) is 5.44. The van der Waals surface area contributed by atoms with Crippen molar-refractivity contribution in [3.63, 3.8) is 0 Å². The van der Waals surface area contributed by atoms with Gasteiger partial charge in [-0.25, -0.2) is 0 Å². The Bertz CT molecular complexity index is 363. The third kappa shape index (κ3) is 2.24. The van der Waals surface area contributed by atoms with Crippen LogP contribution in [0.2, 0.25) is 0 Å². The van der Waals surface area contributed by atoms with Crippen LogP contribution in [-0.2, 0) is 4.74 Å². The SMILES string of the molecule is NC(c1ccc(C2CCC2)cc1)C1CCOC1. The van der Waals surface area contributed by atoms with Crippen LogP contribution < -0.4 is 5.73 Å². The number of benzene rings is 1. The Kier molecular flexibility index (Phi) is 3.17. The van der Waals surface area contributed by atoms with Crippen molar-refractivity contribution in [1.29, 1.82) is 0 Å². The van der Waals surface area contributed by atoms with Gasteiger partial charge in [-0.2, -0.15) is 0 Å². The van der Waals surface area contributed by atoms with E-state index in [2.05, 4.69) is 24.3 Å². The maximum Gasteiger partial charge on any atom is 0.0513 e. The summed E-state index contributed by atoms with van der Waals surface area (Å²) in [5.41, 5.74) is 9.06. The highest BCUT2D eigenvalue weighted by atomic mass is 16.5. The summed E-state index contributed by atoms with van der Waals surface area (Å²) in [5, 5.41) is 0. The average Bonchev–Trinajstić information content (AvgIpc) is 2.80. The van der Waals surface area contributed by atoms with Gasteiger partial charge < -0.3 is 10.5 Å². The molecule has 1 heterocycles. The van der Waals surface area contributed by atoms with Crippen LogP contribution >= 0.6 is 0 Å². The molecule has 17 heavy (non-hydrogen) atoms. The Morgan fingerprint density at radius 1 is 1.12 bits per heavy atom. The molecule has 0 radical (unpaired) electrons. The fraction of sp³-hybridized carbons (Fsp3) is 0.600. The minimum atomic E-state index is 0.146. The van der Waals surface area contributed by atoms with Crippen LogP contribution in [0.3, 0.4) is 0 Å². The van der Waals surface area contributed by atoms with Crippen molar-refractivity contribution in [2.24, 2.45) is 11.7 Å². The number of rotatable bonds is 3. The molecule has 2 heteroatoms. The lowest BCUT2D eigenvalue weighted by Crippen LogP contribution is -2.21. The van der Waals surface area contributed by atoms with E-state index < -0.39 is 0 Å². The van der Waals surface area contributed by atoms with Crippen molar-refractivity contribution in [2.45, 2.75) is 37.6 Å². The molecular weight excluding hydrogens is 210 g/mol. The Morgan fingerprint density at radius 3 is 2.41 bits per heavy atom. The van der Waals surface area contributed by atoms with Crippen LogP contribution in [0.25, 0.3) is 0 Å². The zero-order valence-electron chi connectivity index (χ0n) is 10.3. The predicted molar refractivity (Wildman–Crippen MR) is 68.9 cm³/mol. The average molecular weight is 231 g/mol. The van der Waals surface area contributed by atoms with Gasteiger partial charge in [0, 0.05) is 18.6 Å². The highest BCUT2D eigenvalue weighted by Gasteiger charge is 2.24. The summed E-state index contributed by atoms with van der Waals surface area (Å²) in [6, 6.07) is 9.13. The van der Waals surface area contributed by atoms with Gasteiger partial charge >= 0.3 is 0 Å². The van der Waals surface area contributed by atoms with E-state index in [4.69, 9.17) is 10.5 Å². The molecule has 1 saturated carbocycles. The molecule has 92 valence electrons. The zero-order valence-corrected chi connectivity index (χ0v) is 10.3. The molecule has 3 rings (SSSR count). The molecule has 0 aromatic heterocycles. The number of nitrogens with two attached hydrogens (primary N) is 1. The summed E-state index contributed by atoms with van der Waals surface area (Å²) >= 11 is 0. The smallest absolute Gasteiger partial charge is 0.0513 e. The van der Waals surface area contributed by atoms with E-state index in [9.17, 15) is 0 Å². The summed E-state index contributed by atoms with van der Waals surface area (Å²) in [6.07, 6.45) is 5.22. The van der Waals surface area contributed by atoms with Gasteiger partial charge in [-0.1, -0.05) is 30.7 Å². The highest BCUT2D eigenvalue weighted by Crippen LogP contribution is 2.37. The van der Waals surface area contributed by atoms with E-state index >= 15 is 0 Å². The first-order valence-electron chi connectivity index (χ1n) is 6.78. The van der Waals surface area contributed by atoms with Crippen LogP contribution in [-0.4, -0.2) is 13.2 Å². The van der Waals surface area contributed by atoms with E-state index in [0.717, 1.165) is 25.6 Å². The third-order valence-electron chi connectivity index (χ3n) is 4.37. The van der Waals surface area contributed by atoms with Gasteiger partial charge in [0.1, 0.15) is 0 Å². The van der Waals surface area contributed by atoms with Crippen molar-refractivity contribution in [1.82, 2.24) is 0 Å². The largest absolute Gasteiger partial charge is 0.381 e. The molecule has 2 N–H and O–H groups in total. The number of hydrogen-bond donors (Lipinski definition) is 1. The van der Waals surface area contributed by atoms with Gasteiger partial charge in [-0.15, -0.1) is 0 Å². The van der Waals surface area contributed by atoms with Gasteiger partial charge in [0.2, 0.25) is 0 Å². The molecule has 0 spiro atoms. The molecule has 1 aromatic rings. The Labute approximate surface area is 103 Å². The summed E-state index contributed by atoms with van der Waals surface area (Å²) in [4.78, 5) is 0. The third-order valence-corrected chi connectivity index (χ3v) is 4.37. The molecule has 2 fully saturated rings. The summed E-state index contributed by atoms with van der Waals surface area (Å²) in [5.74, 6) is 1.32. The molecule has 2 aliphatic rings. The monoisotopic (exact) mass is 231 g/mol. The quantitative estimate of drug-likeness (QED) is 0.868. The first-order valence-corrected chi connectivity index (χ1v) is 6.78. The molecular formula is C15H21NO. The van der Waals surface area contributed by atoms with E-state index in [1.807, 2.05) is 0 Å². The molecule has 1 saturated heterocycles. The van der Waals surface area contributed by atoms with Crippen molar-refractivity contribution < 1.29 is 4.74 Å². The van der Waals surface area contributed by atoms with Gasteiger partial charge in [0.05, 0.1) is 6.61 Å². The van der Waals surface area contributed by atoms with Crippen molar-refractivity contribution in [3.05, 3.63) is 35.4 Å². The number of ether oxygens (including phenoxy) is 1. The Balaban J connectivity index is 1.69. The highest BCUT2D eigenvalue weighted by molar-refractivity contribution is 5.28. The Hall–Kier alpha value is -0.860. The lowest BCUT2D eigenvalue weighted by molar-refractivity contribution is 0.181. The fourth-order valence-corrected chi connectivity index (χ4v) is 2.84. The fourth-order valence-electron chi connectivity index (χ4n) is 2.84. The molecule has 2 unspecified atom stereocenters. The van der Waals surface area contributed by atoms with Gasteiger partial charge in [-0.3, -0.25) is 0 Å². The van der Waals surface area contributed by atoms with E-state index in [0.29, 0.717) is 5.92 Å². The van der Waals surface area contributed by atoms with Crippen LogP contribution in [0, 0.1) is 5.92 Å². The standard InChI is InChI=1S/C15H21NO/c16-15(14-8-9-17-10-14)13-6-4-12(5-7-13)11-2-1-3-11/h4-7,11,14-15H,1-3,8-10,16H2. The lowest BCUT2D eigenvalue weighted by Gasteiger charge is -2.26.